The number of hydrogen-bond acceptors (Lipinski definition) is 8. The predicted octanol–water partition coefficient (Wildman–Crippen LogP) is 4.12. The number of allylic oxidation sites excluding steroid dienone is 2. The van der Waals surface area contributed by atoms with E-state index in [-0.39, 0.29) is 59.5 Å². The molecule has 0 aromatic heterocycles. The van der Waals surface area contributed by atoms with Crippen LogP contribution in [0.15, 0.2) is 26.9 Å². The maximum atomic E-state index is 12.3. The third kappa shape index (κ3) is 3.83. The van der Waals surface area contributed by atoms with Crippen molar-refractivity contribution in [3.63, 3.8) is 0 Å². The first kappa shape index (κ1) is 20.2. The maximum absolute atomic E-state index is 12.3. The van der Waals surface area contributed by atoms with Crippen molar-refractivity contribution >= 4 is 11.6 Å². The summed E-state index contributed by atoms with van der Waals surface area (Å²) in [7, 11) is 0. The summed E-state index contributed by atoms with van der Waals surface area (Å²) >= 11 is 0. The normalized spacial score (nSPS) is 34.9. The molecule has 1 saturated carbocycles. The first-order valence-corrected chi connectivity index (χ1v) is 9.09. The van der Waals surface area contributed by atoms with Crippen LogP contribution >= 0.6 is 0 Å². The number of hydrogen-bond donors (Lipinski definition) is 0. The smallest absolute Gasteiger partial charge is 0.133 e. The van der Waals surface area contributed by atoms with Gasteiger partial charge >= 0.3 is 0 Å². The van der Waals surface area contributed by atoms with Crippen LogP contribution in [0.25, 0.3) is 0 Å². The van der Waals surface area contributed by atoms with Gasteiger partial charge in [0.1, 0.15) is 23.0 Å². The van der Waals surface area contributed by atoms with Crippen LogP contribution in [0.5, 0.6) is 0 Å². The highest BCUT2D eigenvalue weighted by Crippen LogP contribution is 2.49. The Balaban J connectivity index is 2.42. The van der Waals surface area contributed by atoms with Gasteiger partial charge in [-0.25, -0.2) is 0 Å². The summed E-state index contributed by atoms with van der Waals surface area (Å²) in [6.45, 7) is 4.94. The van der Waals surface area contributed by atoms with Crippen molar-refractivity contribution in [3.8, 4) is 0 Å². The van der Waals surface area contributed by atoms with Crippen molar-refractivity contribution in [2.24, 2.45) is 45.1 Å². The lowest BCUT2D eigenvalue weighted by Crippen LogP contribution is -2.44. The zero-order valence-electron chi connectivity index (χ0n) is 15.4. The Kier molecular flexibility index (Phi) is 6.61. The number of nitrogens with zero attached hydrogens (tertiary/aromatic N) is 3. The van der Waals surface area contributed by atoms with Gasteiger partial charge in [0.25, 0.3) is 0 Å². The average Bonchev–Trinajstić information content (AvgIpc) is 2.65. The number of ketones is 2. The molecule has 2 aliphatic carbocycles. The maximum Gasteiger partial charge on any atom is 0.133 e. The lowest BCUT2D eigenvalue weighted by Gasteiger charge is -2.44. The van der Waals surface area contributed by atoms with Gasteiger partial charge in [-0.2, -0.15) is 4.91 Å². The Morgan fingerprint density at radius 3 is 1.92 bits per heavy atom. The zero-order chi connectivity index (χ0) is 19.4. The van der Waals surface area contributed by atoms with Gasteiger partial charge in [-0.05, 0) is 61.2 Å². The van der Waals surface area contributed by atoms with Crippen LogP contribution in [0.1, 0.15) is 52.9 Å². The summed E-state index contributed by atoms with van der Waals surface area (Å²) in [5, 5.41) is 9.07. The first-order valence-electron chi connectivity index (χ1n) is 9.09. The topological polar surface area (TPSA) is 122 Å². The third-order valence-corrected chi connectivity index (χ3v) is 6.30. The molecule has 142 valence electrons. The van der Waals surface area contributed by atoms with E-state index in [1.54, 1.807) is 0 Å². The molecule has 6 unspecified atom stereocenters. The van der Waals surface area contributed by atoms with E-state index in [2.05, 4.69) is 15.5 Å². The van der Waals surface area contributed by atoms with Crippen LogP contribution in [0.3, 0.4) is 0 Å². The number of rotatable bonds is 7. The molecule has 6 atom stereocenters. The van der Waals surface area contributed by atoms with E-state index < -0.39 is 12.0 Å². The lowest BCUT2D eigenvalue weighted by molar-refractivity contribution is -0.130. The minimum Gasteiger partial charge on any atom is -0.300 e. The van der Waals surface area contributed by atoms with E-state index in [0.29, 0.717) is 12.8 Å². The fourth-order valence-corrected chi connectivity index (χ4v) is 4.84. The second kappa shape index (κ2) is 8.51. The molecular weight excluding hydrogens is 338 g/mol. The first-order chi connectivity index (χ1) is 12.4. The molecule has 0 saturated heterocycles. The molecule has 0 spiro atoms. The highest BCUT2D eigenvalue weighted by Gasteiger charge is 2.47. The predicted molar refractivity (Wildman–Crippen MR) is 95.8 cm³/mol. The molecule has 2 rings (SSSR count). The van der Waals surface area contributed by atoms with Crippen LogP contribution in [0, 0.1) is 44.3 Å². The Morgan fingerprint density at radius 1 is 0.885 bits per heavy atom. The summed E-state index contributed by atoms with van der Waals surface area (Å²) in [5.74, 6) is -1.41. The molecule has 8 nitrogen and oxygen atoms in total. The van der Waals surface area contributed by atoms with E-state index in [1.165, 1.54) is 13.8 Å². The van der Waals surface area contributed by atoms with Gasteiger partial charge in [0.2, 0.25) is 0 Å². The summed E-state index contributed by atoms with van der Waals surface area (Å²) in [4.78, 5) is 58.0. The largest absolute Gasteiger partial charge is 0.300 e. The van der Waals surface area contributed by atoms with Gasteiger partial charge in [-0.15, -0.1) is 9.81 Å². The summed E-state index contributed by atoms with van der Waals surface area (Å²) in [5.41, 5.74) is 0.0705. The van der Waals surface area contributed by atoms with E-state index in [0.717, 1.165) is 6.42 Å². The van der Waals surface area contributed by atoms with Gasteiger partial charge in [-0.1, -0.05) is 18.5 Å². The fraction of sp³-hybridized carbons (Fsp3) is 0.778. The van der Waals surface area contributed by atoms with Crippen LogP contribution < -0.4 is 0 Å². The van der Waals surface area contributed by atoms with Crippen molar-refractivity contribution in [1.29, 1.82) is 0 Å². The van der Waals surface area contributed by atoms with E-state index in [9.17, 15) is 24.3 Å². The summed E-state index contributed by atoms with van der Waals surface area (Å²) in [6, 6.07) is -0.407. The van der Waals surface area contributed by atoms with E-state index in [4.69, 9.17) is 0 Å². The molecular formula is C18H25N3O5. The molecule has 2 aliphatic rings. The molecule has 0 heterocycles. The molecule has 0 bridgehead atoms. The SMILES string of the molecule is CCC1CC(C(C)=O)C(C2CC(N=O)=C(N=O)CC2C(C)=O)CC1N=O. The standard InChI is InChI=1S/C18H25N3O5/c1-4-11-5-12(9(2)22)14(7-16(11)19-24)15-8-18(21-26)17(20-25)6-13(15)10(3)23/h11-16H,4-8H2,1-3H3. The molecule has 0 N–H and O–H groups in total. The Labute approximate surface area is 152 Å². The van der Waals surface area contributed by atoms with E-state index in [1.807, 2.05) is 6.92 Å². The highest BCUT2D eigenvalue weighted by atomic mass is 16.3. The molecule has 0 radical (unpaired) electrons. The van der Waals surface area contributed by atoms with Gasteiger partial charge < -0.3 is 0 Å². The van der Waals surface area contributed by atoms with Gasteiger partial charge in [-0.3, -0.25) is 9.59 Å². The lowest BCUT2D eigenvalue weighted by atomic mass is 9.59. The molecule has 0 aromatic carbocycles. The average molecular weight is 363 g/mol. The van der Waals surface area contributed by atoms with Crippen molar-refractivity contribution in [2.75, 3.05) is 0 Å². The molecule has 26 heavy (non-hydrogen) atoms. The summed E-state index contributed by atoms with van der Waals surface area (Å²) in [6.07, 6.45) is 1.92. The van der Waals surface area contributed by atoms with Crippen LogP contribution in [-0.2, 0) is 9.59 Å². The zero-order valence-corrected chi connectivity index (χ0v) is 15.4. The molecule has 0 aromatic rings. The Morgan fingerprint density at radius 2 is 1.46 bits per heavy atom. The number of Topliss-reactive ketones (excluding diaryl/α,β-unsaturated/α-hetero) is 2. The van der Waals surface area contributed by atoms with Crippen molar-refractivity contribution < 1.29 is 9.59 Å². The van der Waals surface area contributed by atoms with Crippen molar-refractivity contribution in [3.05, 3.63) is 26.1 Å². The Hall–Kier alpha value is -2.12. The minimum absolute atomic E-state index is 0.0168. The monoisotopic (exact) mass is 363 g/mol. The Bertz CT molecular complexity index is 645. The highest BCUT2D eigenvalue weighted by molar-refractivity contribution is 5.81. The second-order valence-corrected chi connectivity index (χ2v) is 7.56. The van der Waals surface area contributed by atoms with Crippen LogP contribution in [-0.4, -0.2) is 17.6 Å². The fourth-order valence-electron chi connectivity index (χ4n) is 4.84. The molecule has 1 fully saturated rings. The van der Waals surface area contributed by atoms with Crippen LogP contribution in [0.2, 0.25) is 0 Å². The van der Waals surface area contributed by atoms with Gasteiger partial charge in [0.05, 0.1) is 6.04 Å². The summed E-state index contributed by atoms with van der Waals surface area (Å²) < 4.78 is 0. The van der Waals surface area contributed by atoms with Crippen molar-refractivity contribution in [1.82, 2.24) is 0 Å². The molecule has 0 amide bonds. The molecule has 0 aliphatic heterocycles. The number of nitroso groups, excluding NO2 is 3. The number of carbonyl (C=O) groups is 2. The van der Waals surface area contributed by atoms with Crippen molar-refractivity contribution in [2.45, 2.75) is 58.9 Å². The molecule has 8 heteroatoms. The van der Waals surface area contributed by atoms with Gasteiger partial charge in [0.15, 0.2) is 0 Å². The van der Waals surface area contributed by atoms with Gasteiger partial charge in [0, 0.05) is 18.3 Å². The minimum atomic E-state index is -0.509. The number of carbonyl (C=O) groups excluding carboxylic acids is 2. The second-order valence-electron chi connectivity index (χ2n) is 7.56. The third-order valence-electron chi connectivity index (χ3n) is 6.30. The van der Waals surface area contributed by atoms with Crippen LogP contribution in [0.4, 0.5) is 0 Å². The quantitative estimate of drug-likeness (QED) is 0.629. The van der Waals surface area contributed by atoms with E-state index >= 15 is 0 Å².